The Hall–Kier alpha value is -2.19. The number of aromatic nitrogens is 3. The van der Waals surface area contributed by atoms with Gasteiger partial charge < -0.3 is 10.1 Å². The molecule has 0 fully saturated rings. The van der Waals surface area contributed by atoms with Crippen LogP contribution in [0, 0.1) is 13.8 Å². The zero-order valence-electron chi connectivity index (χ0n) is 15.8. The number of nitrogens with one attached hydrogen (secondary N) is 1. The van der Waals surface area contributed by atoms with Crippen LogP contribution in [0.5, 0.6) is 5.75 Å². The summed E-state index contributed by atoms with van der Waals surface area (Å²) in [4.78, 5) is 25.8. The number of amides is 1. The predicted molar refractivity (Wildman–Crippen MR) is 111 cm³/mol. The summed E-state index contributed by atoms with van der Waals surface area (Å²) in [5, 5.41) is 4.26. The van der Waals surface area contributed by atoms with E-state index in [9.17, 15) is 4.79 Å². The first-order chi connectivity index (χ1) is 13.0. The molecule has 1 amide bonds. The summed E-state index contributed by atoms with van der Waals surface area (Å²) in [7, 11) is 0. The average molecular weight is 403 g/mol. The van der Waals surface area contributed by atoms with Crippen LogP contribution in [0.4, 0.5) is 5.13 Å². The Balaban J connectivity index is 1.65. The molecule has 0 atom stereocenters. The van der Waals surface area contributed by atoms with Gasteiger partial charge in [-0.05, 0) is 57.2 Å². The maximum Gasteiger partial charge on any atom is 0.226 e. The number of thiazole rings is 1. The summed E-state index contributed by atoms with van der Waals surface area (Å²) in [5.41, 5.74) is 3.76. The first kappa shape index (κ1) is 19.6. The number of benzene rings is 1. The zero-order valence-corrected chi connectivity index (χ0v) is 17.5. The number of aryl methyl sites for hydroxylation is 2. The maximum absolute atomic E-state index is 12.4. The lowest BCUT2D eigenvalue weighted by atomic mass is 10.1. The Bertz CT molecular complexity index is 948. The van der Waals surface area contributed by atoms with E-state index in [2.05, 4.69) is 20.3 Å². The molecule has 2 aromatic heterocycles. The van der Waals surface area contributed by atoms with Crippen LogP contribution in [0.15, 0.2) is 23.4 Å². The second-order valence-electron chi connectivity index (χ2n) is 5.99. The van der Waals surface area contributed by atoms with Gasteiger partial charge in [0.15, 0.2) is 10.3 Å². The molecular formula is C19H22N4O2S2. The molecule has 27 heavy (non-hydrogen) atoms. The summed E-state index contributed by atoms with van der Waals surface area (Å²) in [6.07, 6.45) is 2.93. The van der Waals surface area contributed by atoms with E-state index < -0.39 is 0 Å². The summed E-state index contributed by atoms with van der Waals surface area (Å²) in [5.74, 6) is 0.748. The second-order valence-corrected chi connectivity index (χ2v) is 7.79. The van der Waals surface area contributed by atoms with Crippen LogP contribution in [0.2, 0.25) is 0 Å². The van der Waals surface area contributed by atoms with Crippen LogP contribution in [0.3, 0.4) is 0 Å². The number of nitrogens with zero attached hydrogens (tertiary/aromatic N) is 3. The van der Waals surface area contributed by atoms with Gasteiger partial charge in [0, 0.05) is 17.8 Å². The zero-order chi connectivity index (χ0) is 19.4. The molecule has 0 saturated heterocycles. The van der Waals surface area contributed by atoms with E-state index in [1.54, 1.807) is 0 Å². The number of thioether (sulfide) groups is 1. The molecule has 0 spiro atoms. The second kappa shape index (κ2) is 8.67. The van der Waals surface area contributed by atoms with E-state index in [0.29, 0.717) is 24.6 Å². The van der Waals surface area contributed by atoms with Crippen molar-refractivity contribution < 1.29 is 9.53 Å². The van der Waals surface area contributed by atoms with Crippen molar-refractivity contribution in [2.24, 2.45) is 0 Å². The molecule has 0 aliphatic heterocycles. The minimum atomic E-state index is -0.0631. The maximum atomic E-state index is 12.4. The van der Waals surface area contributed by atoms with Gasteiger partial charge in [-0.3, -0.25) is 4.79 Å². The molecule has 3 aromatic rings. The van der Waals surface area contributed by atoms with Crippen LogP contribution in [0.1, 0.15) is 30.3 Å². The molecule has 6 nitrogen and oxygen atoms in total. The summed E-state index contributed by atoms with van der Waals surface area (Å²) < 4.78 is 6.50. The van der Waals surface area contributed by atoms with Crippen molar-refractivity contribution in [3.8, 4) is 5.75 Å². The lowest BCUT2D eigenvalue weighted by Gasteiger charge is -2.09. The molecule has 0 aliphatic carbocycles. The number of rotatable bonds is 7. The van der Waals surface area contributed by atoms with Crippen molar-refractivity contribution in [1.82, 2.24) is 15.0 Å². The van der Waals surface area contributed by atoms with E-state index in [0.717, 1.165) is 38.1 Å². The van der Waals surface area contributed by atoms with Crippen molar-refractivity contribution in [2.45, 2.75) is 38.8 Å². The monoisotopic (exact) mass is 402 g/mol. The Kier molecular flexibility index (Phi) is 6.28. The highest BCUT2D eigenvalue weighted by Crippen LogP contribution is 2.29. The molecule has 2 heterocycles. The van der Waals surface area contributed by atoms with Crippen LogP contribution < -0.4 is 10.1 Å². The van der Waals surface area contributed by atoms with E-state index in [-0.39, 0.29) is 5.91 Å². The summed E-state index contributed by atoms with van der Waals surface area (Å²) in [6.45, 7) is 6.50. The number of hydrogen-bond donors (Lipinski definition) is 1. The fraction of sp³-hybridized carbons (Fsp3) is 0.368. The van der Waals surface area contributed by atoms with Gasteiger partial charge in [-0.1, -0.05) is 23.1 Å². The van der Waals surface area contributed by atoms with Gasteiger partial charge in [-0.2, -0.15) is 0 Å². The van der Waals surface area contributed by atoms with Gasteiger partial charge in [0.25, 0.3) is 0 Å². The quantitative estimate of drug-likeness (QED) is 0.466. The van der Waals surface area contributed by atoms with Gasteiger partial charge >= 0.3 is 0 Å². The summed E-state index contributed by atoms with van der Waals surface area (Å²) in [6, 6.07) is 5.74. The van der Waals surface area contributed by atoms with Gasteiger partial charge in [-0.25, -0.2) is 15.0 Å². The number of ether oxygens (including phenoxy) is 1. The minimum Gasteiger partial charge on any atom is -0.494 e. The Morgan fingerprint density at radius 2 is 1.96 bits per heavy atom. The number of carbonyl (C=O) groups excluding carboxylic acids is 1. The van der Waals surface area contributed by atoms with Gasteiger partial charge in [-0.15, -0.1) is 0 Å². The van der Waals surface area contributed by atoms with Crippen molar-refractivity contribution >= 4 is 44.4 Å². The Morgan fingerprint density at radius 3 is 2.63 bits per heavy atom. The van der Waals surface area contributed by atoms with E-state index >= 15 is 0 Å². The SMILES string of the molecule is CCOc1ccc2nc(NC(=O)CCc3c(C)nc(SC)nc3C)sc2c1. The lowest BCUT2D eigenvalue weighted by molar-refractivity contribution is -0.116. The lowest BCUT2D eigenvalue weighted by Crippen LogP contribution is -2.13. The van der Waals surface area contributed by atoms with Crippen molar-refractivity contribution in [3.05, 3.63) is 35.2 Å². The van der Waals surface area contributed by atoms with E-state index in [1.165, 1.54) is 23.1 Å². The number of anilines is 1. The molecular weight excluding hydrogens is 380 g/mol. The van der Waals surface area contributed by atoms with Crippen molar-refractivity contribution in [2.75, 3.05) is 18.2 Å². The average Bonchev–Trinajstić information content (AvgIpc) is 3.02. The third-order valence-electron chi connectivity index (χ3n) is 4.10. The van der Waals surface area contributed by atoms with Gasteiger partial charge in [0.05, 0.1) is 16.8 Å². The largest absolute Gasteiger partial charge is 0.494 e. The highest BCUT2D eigenvalue weighted by atomic mass is 32.2. The first-order valence-corrected chi connectivity index (χ1v) is 10.8. The molecule has 0 saturated carbocycles. The molecule has 0 radical (unpaired) electrons. The Morgan fingerprint density at radius 1 is 1.22 bits per heavy atom. The van der Waals surface area contributed by atoms with Crippen LogP contribution >= 0.6 is 23.1 Å². The van der Waals surface area contributed by atoms with E-state index in [1.807, 2.05) is 45.2 Å². The van der Waals surface area contributed by atoms with Crippen molar-refractivity contribution in [3.63, 3.8) is 0 Å². The fourth-order valence-electron chi connectivity index (χ4n) is 2.80. The predicted octanol–water partition coefficient (Wildman–Crippen LogP) is 4.40. The molecule has 3 rings (SSSR count). The van der Waals surface area contributed by atoms with Crippen LogP contribution in [0.25, 0.3) is 10.2 Å². The third kappa shape index (κ3) is 4.75. The topological polar surface area (TPSA) is 77.0 Å². The number of fused-ring (bicyclic) bond motifs is 1. The summed E-state index contributed by atoms with van der Waals surface area (Å²) >= 11 is 2.97. The molecule has 142 valence electrons. The smallest absolute Gasteiger partial charge is 0.226 e. The molecule has 0 unspecified atom stereocenters. The number of hydrogen-bond acceptors (Lipinski definition) is 7. The molecule has 1 aromatic carbocycles. The van der Waals surface area contributed by atoms with Crippen molar-refractivity contribution in [1.29, 1.82) is 0 Å². The Labute approximate surface area is 166 Å². The highest BCUT2D eigenvalue weighted by molar-refractivity contribution is 7.98. The fourth-order valence-corrected chi connectivity index (χ4v) is 4.16. The van der Waals surface area contributed by atoms with Gasteiger partial charge in [0.1, 0.15) is 5.75 Å². The number of carbonyl (C=O) groups is 1. The molecule has 0 aliphatic rings. The molecule has 8 heteroatoms. The van der Waals surface area contributed by atoms with Gasteiger partial charge in [0.2, 0.25) is 5.91 Å². The minimum absolute atomic E-state index is 0.0631. The normalized spacial score (nSPS) is 11.0. The standard InChI is InChI=1S/C19H22N4O2S2/c1-5-25-13-6-8-15-16(10-13)27-19(22-15)23-17(24)9-7-14-11(2)20-18(26-4)21-12(14)3/h6,8,10H,5,7,9H2,1-4H3,(H,22,23,24). The highest BCUT2D eigenvalue weighted by Gasteiger charge is 2.12. The third-order valence-corrected chi connectivity index (χ3v) is 5.58. The van der Waals surface area contributed by atoms with Crippen LogP contribution in [-0.2, 0) is 11.2 Å². The van der Waals surface area contributed by atoms with Crippen LogP contribution in [-0.4, -0.2) is 33.7 Å². The molecule has 1 N–H and O–H groups in total. The molecule has 0 bridgehead atoms. The van der Waals surface area contributed by atoms with E-state index in [4.69, 9.17) is 4.74 Å². The first-order valence-electron chi connectivity index (χ1n) is 8.71.